The maximum Gasteiger partial charge on any atom is 0.240 e. The highest BCUT2D eigenvalue weighted by molar-refractivity contribution is 6.19. The number of hydrogen-bond donors (Lipinski definition) is 5. The van der Waals surface area contributed by atoms with Crippen molar-refractivity contribution in [2.45, 2.75) is 38.2 Å². The highest BCUT2D eigenvalue weighted by atomic mass is 16.2. The quantitative estimate of drug-likeness (QED) is 0.133. The highest BCUT2D eigenvalue weighted by Gasteiger charge is 2.23. The van der Waals surface area contributed by atoms with Gasteiger partial charge in [0.1, 0.15) is 5.65 Å². The van der Waals surface area contributed by atoms with Crippen LogP contribution in [0.2, 0.25) is 12.0 Å². The predicted molar refractivity (Wildman–Crippen MR) is 111 cm³/mol. The molecule has 0 aliphatic heterocycles. The summed E-state index contributed by atoms with van der Waals surface area (Å²) < 4.78 is 28.8. The normalized spacial score (nSPS) is 14.5. The molecular weight excluding hydrogens is 377 g/mol. The van der Waals surface area contributed by atoms with Gasteiger partial charge in [-0.3, -0.25) is 19.2 Å². The maximum atomic E-state index is 12.8. The molecule has 0 aliphatic rings. The molecule has 0 saturated carbocycles. The van der Waals surface area contributed by atoms with Crippen LogP contribution in [0.4, 0.5) is 0 Å². The molecule has 12 heteroatoms. The zero-order valence-electron chi connectivity index (χ0n) is 20.8. The molecule has 164 valence electrons. The molecule has 9 N–H and O–H groups in total. The van der Waals surface area contributed by atoms with Gasteiger partial charge >= 0.3 is 0 Å². The number of carbonyl (C=O) groups excluding carboxylic acids is 4. The lowest BCUT2D eigenvalue weighted by Gasteiger charge is -2.30. The van der Waals surface area contributed by atoms with Crippen molar-refractivity contribution in [1.82, 2.24) is 15.1 Å². The van der Waals surface area contributed by atoms with E-state index in [1.165, 1.54) is 9.80 Å². The Morgan fingerprint density at radius 1 is 1.00 bits per heavy atom. The largest absolute Gasteiger partial charge is 0.350 e. The summed E-state index contributed by atoms with van der Waals surface area (Å²) in [4.78, 5) is 51.3. The van der Waals surface area contributed by atoms with Crippen molar-refractivity contribution in [3.05, 3.63) is 0 Å². The fraction of sp³-hybridized carbons (Fsp3) is 0.765. The Morgan fingerprint density at radius 2 is 1.59 bits per heavy atom. The summed E-state index contributed by atoms with van der Waals surface area (Å²) in [6, 6.07) is -1.92. The fourth-order valence-electron chi connectivity index (χ4n) is 2.44. The van der Waals surface area contributed by atoms with Crippen molar-refractivity contribution in [3.63, 3.8) is 0 Å². The zero-order chi connectivity index (χ0) is 25.2. The smallest absolute Gasteiger partial charge is 0.240 e. The van der Waals surface area contributed by atoms with Gasteiger partial charge in [0.05, 0.1) is 26.5 Å². The Balaban J connectivity index is 5.11. The number of nitrogens with two attached hydrogens (primary N) is 4. The first-order valence-corrected chi connectivity index (χ1v) is 9.49. The number of ketones is 1. The van der Waals surface area contributed by atoms with E-state index in [0.29, 0.717) is 13.0 Å². The van der Waals surface area contributed by atoms with E-state index in [9.17, 15) is 19.2 Å². The molecule has 0 spiro atoms. The first kappa shape index (κ1) is 20.3. The van der Waals surface area contributed by atoms with Crippen molar-refractivity contribution in [1.29, 1.82) is 0 Å². The Kier molecular flexibility index (Phi) is 10.4. The molecule has 0 fully saturated rings. The molecule has 0 aliphatic carbocycles. The molecule has 0 rings (SSSR count). The van der Waals surface area contributed by atoms with E-state index in [1.54, 1.807) is 6.92 Å². The first-order chi connectivity index (χ1) is 15.8. The third-order valence-corrected chi connectivity index (χ3v) is 4.20. The van der Waals surface area contributed by atoms with E-state index in [-0.39, 0.29) is 57.8 Å². The lowest BCUT2D eigenvalue weighted by Crippen LogP contribution is -2.52. The fourth-order valence-corrected chi connectivity index (χ4v) is 2.44. The molecule has 11 nitrogen and oxygen atoms in total. The van der Waals surface area contributed by atoms with Gasteiger partial charge in [-0.1, -0.05) is 0 Å². The standard InChI is InChI=1S/C17H34BN7O4/c1-2-24(16(28)13(21)9-19)6-7-25(17(29)14(22)10-20)5-3-4-12(26)11-23-15(27)8-18/h13-14H,2-11,19-22H2,1H3,(H,23,27)/i/hD4. The van der Waals surface area contributed by atoms with E-state index in [0.717, 1.165) is 0 Å². The summed E-state index contributed by atoms with van der Waals surface area (Å²) >= 11 is 0. The van der Waals surface area contributed by atoms with Gasteiger partial charge in [0.2, 0.25) is 17.7 Å². The second-order valence-electron chi connectivity index (χ2n) is 6.38. The molecule has 0 heterocycles. The number of rotatable bonds is 19. The minimum atomic E-state index is -0.997. The van der Waals surface area contributed by atoms with Crippen LogP contribution in [-0.2, 0) is 19.2 Å². The zero-order valence-corrected chi connectivity index (χ0v) is 16.8. The maximum absolute atomic E-state index is 12.8. The van der Waals surface area contributed by atoms with Crippen molar-refractivity contribution >= 4 is 31.4 Å². The molecule has 0 saturated heterocycles. The average Bonchev–Trinajstić information content (AvgIpc) is 2.82. The summed E-state index contributed by atoms with van der Waals surface area (Å²) in [6.45, 7) is 2.11. The number of Topliss-reactive ketones (excluding diaryl/α,β-unsaturated/α-hetero) is 1. The summed E-state index contributed by atoms with van der Waals surface area (Å²) in [5, 5.41) is 2.38. The van der Waals surface area contributed by atoms with Crippen LogP contribution < -0.4 is 28.2 Å². The van der Waals surface area contributed by atoms with Crippen LogP contribution in [0.3, 0.4) is 0 Å². The molecular formula is C17H34BN7O4. The van der Waals surface area contributed by atoms with Gasteiger partial charge in [-0.15, -0.1) is 0 Å². The third kappa shape index (κ3) is 10.4. The topological polar surface area (TPSA) is 191 Å². The average molecular weight is 415 g/mol. The molecule has 0 bridgehead atoms. The lowest BCUT2D eigenvalue weighted by molar-refractivity contribution is -0.136. The van der Waals surface area contributed by atoms with Crippen LogP contribution in [0.25, 0.3) is 0 Å². The summed E-state index contributed by atoms with van der Waals surface area (Å²) in [5.41, 5.74) is 8.38. The minimum absolute atomic E-state index is 0.0652. The molecule has 0 aromatic carbocycles. The van der Waals surface area contributed by atoms with Gasteiger partial charge in [-0.05, 0) is 19.7 Å². The van der Waals surface area contributed by atoms with Gasteiger partial charge in [0.25, 0.3) is 0 Å². The van der Waals surface area contributed by atoms with Crippen LogP contribution in [0, 0.1) is 0 Å². The second kappa shape index (κ2) is 14.9. The number of carbonyl (C=O) groups is 4. The number of amides is 3. The second-order valence-corrected chi connectivity index (χ2v) is 6.38. The van der Waals surface area contributed by atoms with Crippen LogP contribution >= 0.6 is 0 Å². The predicted octanol–water partition coefficient (Wildman–Crippen LogP) is -3.71. The molecule has 2 atom stereocenters. The van der Waals surface area contributed by atoms with Gasteiger partial charge in [0.15, 0.2) is 5.78 Å². The molecule has 2 radical (unpaired) electrons. The molecule has 3 amide bonds. The Bertz CT molecular complexity index is 624. The third-order valence-electron chi connectivity index (χ3n) is 4.20. The summed E-state index contributed by atoms with van der Waals surface area (Å²) in [5.74, 6) is -1.56. The Labute approximate surface area is 179 Å². The van der Waals surface area contributed by atoms with Crippen LogP contribution in [0.1, 0.15) is 19.8 Å². The Hall–Kier alpha value is -2.02. The van der Waals surface area contributed by atoms with Crippen LogP contribution in [0.15, 0.2) is 0 Å². The van der Waals surface area contributed by atoms with Gasteiger partial charge < -0.3 is 38.0 Å². The highest BCUT2D eigenvalue weighted by Crippen LogP contribution is 2.02. The van der Waals surface area contributed by atoms with Crippen molar-refractivity contribution < 1.29 is 24.8 Å². The van der Waals surface area contributed by atoms with Crippen molar-refractivity contribution in [2.24, 2.45) is 22.9 Å². The van der Waals surface area contributed by atoms with E-state index >= 15 is 0 Å². The number of nitrogens with one attached hydrogen (secondary N) is 1. The van der Waals surface area contributed by atoms with Crippen LogP contribution in [-0.4, -0.2) is 99.0 Å². The summed E-state index contributed by atoms with van der Waals surface area (Å²) in [7, 11) is 5.17. The van der Waals surface area contributed by atoms with Crippen molar-refractivity contribution in [3.8, 4) is 0 Å². The van der Waals surface area contributed by atoms with Gasteiger partial charge in [-0.25, -0.2) is 0 Å². The van der Waals surface area contributed by atoms with E-state index in [1.807, 2.05) is 0 Å². The molecule has 0 aromatic heterocycles. The molecule has 0 aromatic rings. The van der Waals surface area contributed by atoms with E-state index in [2.05, 4.69) is 28.2 Å². The number of nitrogens with zero attached hydrogens (tertiary/aromatic N) is 2. The lowest BCUT2D eigenvalue weighted by atomic mass is 10.1. The SMILES string of the molecule is [2H]NCC(N[2H])C(=O)N(CC)CCN(CCCC(=O)CNC(=O)C[B])C(=O)C(CN[2H])N[2H]. The monoisotopic (exact) mass is 415 g/mol. The van der Waals surface area contributed by atoms with E-state index < -0.39 is 29.8 Å². The number of likely N-dealkylation sites (N-methyl/N-ethyl adjacent to an activating group) is 1. The van der Waals surface area contributed by atoms with E-state index in [4.69, 9.17) is 13.5 Å². The van der Waals surface area contributed by atoms with Crippen molar-refractivity contribution in [2.75, 3.05) is 45.8 Å². The van der Waals surface area contributed by atoms with Crippen LogP contribution in [0.5, 0.6) is 0 Å². The molecule has 29 heavy (non-hydrogen) atoms. The minimum Gasteiger partial charge on any atom is -0.350 e. The first-order valence-electron chi connectivity index (χ1n) is 11.5. The molecule has 2 unspecified atom stereocenters. The summed E-state index contributed by atoms with van der Waals surface area (Å²) in [6.07, 6.45) is 0.171. The van der Waals surface area contributed by atoms with Gasteiger partial charge in [0, 0.05) is 45.7 Å². The van der Waals surface area contributed by atoms with Gasteiger partial charge in [-0.2, -0.15) is 0 Å². The number of hydrogen-bond acceptors (Lipinski definition) is 8. The Morgan fingerprint density at radius 3 is 2.10 bits per heavy atom.